The van der Waals surface area contributed by atoms with Gasteiger partial charge in [0.2, 0.25) is 0 Å². The Balaban J connectivity index is 1.84. The van der Waals surface area contributed by atoms with Crippen molar-refractivity contribution in [1.82, 2.24) is 15.2 Å². The zero-order chi connectivity index (χ0) is 12.8. The number of hydrogen-bond acceptors (Lipinski definition) is 3. The van der Waals surface area contributed by atoms with Gasteiger partial charge >= 0.3 is 0 Å². The highest BCUT2D eigenvalue weighted by atomic mass is 15.2. The van der Waals surface area contributed by atoms with Gasteiger partial charge < -0.3 is 10.2 Å². The Kier molecular flexibility index (Phi) is 5.14. The molecule has 0 aromatic carbocycles. The Morgan fingerprint density at radius 2 is 2.17 bits per heavy atom. The molecule has 100 valence electrons. The van der Waals surface area contributed by atoms with Gasteiger partial charge in [0.1, 0.15) is 0 Å². The Morgan fingerprint density at radius 3 is 2.89 bits per heavy atom. The maximum absolute atomic E-state index is 4.07. The van der Waals surface area contributed by atoms with E-state index in [0.29, 0.717) is 12.0 Å². The van der Waals surface area contributed by atoms with Crippen LogP contribution in [-0.4, -0.2) is 42.1 Å². The summed E-state index contributed by atoms with van der Waals surface area (Å²) in [5.74, 6) is 0.714. The van der Waals surface area contributed by atoms with Gasteiger partial charge in [-0.3, -0.25) is 4.98 Å². The van der Waals surface area contributed by atoms with Crippen LogP contribution in [0.3, 0.4) is 0 Å². The minimum absolute atomic E-state index is 0.643. The molecule has 18 heavy (non-hydrogen) atoms. The van der Waals surface area contributed by atoms with Crippen LogP contribution in [0.15, 0.2) is 24.5 Å². The molecule has 1 N–H and O–H groups in total. The molecule has 0 saturated carbocycles. The van der Waals surface area contributed by atoms with E-state index < -0.39 is 0 Å². The van der Waals surface area contributed by atoms with Crippen molar-refractivity contribution < 1.29 is 0 Å². The van der Waals surface area contributed by atoms with E-state index >= 15 is 0 Å². The van der Waals surface area contributed by atoms with Crippen LogP contribution >= 0.6 is 0 Å². The van der Waals surface area contributed by atoms with Crippen LogP contribution in [0.2, 0.25) is 0 Å². The lowest BCUT2D eigenvalue weighted by molar-refractivity contribution is 0.248. The van der Waals surface area contributed by atoms with Gasteiger partial charge in [-0.05, 0) is 49.5 Å². The van der Waals surface area contributed by atoms with Gasteiger partial charge in [0.25, 0.3) is 0 Å². The van der Waals surface area contributed by atoms with Crippen molar-refractivity contribution in [2.45, 2.75) is 32.7 Å². The highest BCUT2D eigenvalue weighted by Crippen LogP contribution is 2.09. The second-order valence-electron chi connectivity index (χ2n) is 5.56. The molecule has 0 aliphatic carbocycles. The van der Waals surface area contributed by atoms with Crippen molar-refractivity contribution in [3.05, 3.63) is 30.1 Å². The first kappa shape index (κ1) is 13.5. The summed E-state index contributed by atoms with van der Waals surface area (Å²) >= 11 is 0. The molecule has 1 unspecified atom stereocenters. The molecule has 0 amide bonds. The summed E-state index contributed by atoms with van der Waals surface area (Å²) in [6, 6.07) is 4.89. The van der Waals surface area contributed by atoms with E-state index in [9.17, 15) is 0 Å². The Labute approximate surface area is 111 Å². The lowest BCUT2D eigenvalue weighted by Gasteiger charge is -2.26. The molecule has 1 aliphatic rings. The van der Waals surface area contributed by atoms with Crippen LogP contribution in [-0.2, 0) is 6.42 Å². The number of pyridine rings is 1. The highest BCUT2D eigenvalue weighted by Gasteiger charge is 2.19. The lowest BCUT2D eigenvalue weighted by Crippen LogP contribution is -2.41. The zero-order valence-corrected chi connectivity index (χ0v) is 11.6. The molecule has 2 heterocycles. The summed E-state index contributed by atoms with van der Waals surface area (Å²) < 4.78 is 0. The molecular formula is C15H25N3. The van der Waals surface area contributed by atoms with Crippen LogP contribution < -0.4 is 5.32 Å². The summed E-state index contributed by atoms with van der Waals surface area (Å²) in [6.45, 7) is 9.35. The molecule has 3 nitrogen and oxygen atoms in total. The fourth-order valence-electron chi connectivity index (χ4n) is 2.51. The number of nitrogens with zero attached hydrogens (tertiary/aromatic N) is 2. The first-order chi connectivity index (χ1) is 8.75. The minimum atomic E-state index is 0.643. The third kappa shape index (κ3) is 4.07. The van der Waals surface area contributed by atoms with Gasteiger partial charge in [0.15, 0.2) is 0 Å². The second-order valence-corrected chi connectivity index (χ2v) is 5.56. The van der Waals surface area contributed by atoms with Crippen molar-refractivity contribution in [3.8, 4) is 0 Å². The number of aromatic nitrogens is 1. The normalized spacial score (nSPS) is 22.1. The quantitative estimate of drug-likeness (QED) is 0.881. The van der Waals surface area contributed by atoms with Gasteiger partial charge in [-0.15, -0.1) is 0 Å². The molecule has 3 heteroatoms. The summed E-state index contributed by atoms with van der Waals surface area (Å²) in [5, 5.41) is 3.66. The van der Waals surface area contributed by atoms with E-state index in [2.05, 4.69) is 41.2 Å². The van der Waals surface area contributed by atoms with E-state index in [-0.39, 0.29) is 0 Å². The van der Waals surface area contributed by atoms with Crippen LogP contribution in [0.4, 0.5) is 0 Å². The van der Waals surface area contributed by atoms with Crippen molar-refractivity contribution >= 4 is 0 Å². The van der Waals surface area contributed by atoms with Gasteiger partial charge in [0.05, 0.1) is 0 Å². The van der Waals surface area contributed by atoms with Crippen molar-refractivity contribution in [3.63, 3.8) is 0 Å². The number of hydrogen-bond donors (Lipinski definition) is 1. The van der Waals surface area contributed by atoms with Crippen molar-refractivity contribution in [2.75, 3.05) is 26.2 Å². The molecule has 0 radical (unpaired) electrons. The molecule has 1 aromatic heterocycles. The maximum atomic E-state index is 4.07. The number of rotatable bonds is 4. The molecular weight excluding hydrogens is 222 g/mol. The molecule has 0 spiro atoms. The summed E-state index contributed by atoms with van der Waals surface area (Å²) in [4.78, 5) is 6.67. The minimum Gasteiger partial charge on any atom is -0.312 e. The average Bonchev–Trinajstić information content (AvgIpc) is 2.63. The SMILES string of the molecule is CC(C)C1CN(CCc2ccncc2)CCCN1. The summed E-state index contributed by atoms with van der Waals surface area (Å²) in [6.07, 6.45) is 6.17. The second kappa shape index (κ2) is 6.86. The number of nitrogens with one attached hydrogen (secondary N) is 1. The van der Waals surface area contributed by atoms with Crippen LogP contribution in [0.1, 0.15) is 25.8 Å². The molecule has 1 saturated heterocycles. The molecule has 1 aromatic rings. The van der Waals surface area contributed by atoms with Gasteiger partial charge in [-0.2, -0.15) is 0 Å². The van der Waals surface area contributed by atoms with E-state index in [1.165, 1.54) is 25.1 Å². The fourth-order valence-corrected chi connectivity index (χ4v) is 2.51. The van der Waals surface area contributed by atoms with Gasteiger partial charge in [0, 0.05) is 31.5 Å². The van der Waals surface area contributed by atoms with Crippen molar-refractivity contribution in [1.29, 1.82) is 0 Å². The van der Waals surface area contributed by atoms with Crippen molar-refractivity contribution in [2.24, 2.45) is 5.92 Å². The predicted octanol–water partition coefficient (Wildman–Crippen LogP) is 1.94. The molecule has 1 atom stereocenters. The highest BCUT2D eigenvalue weighted by molar-refractivity contribution is 5.09. The predicted molar refractivity (Wildman–Crippen MR) is 75.6 cm³/mol. The van der Waals surface area contributed by atoms with Crippen LogP contribution in [0.5, 0.6) is 0 Å². The van der Waals surface area contributed by atoms with Gasteiger partial charge in [-0.1, -0.05) is 13.8 Å². The largest absolute Gasteiger partial charge is 0.312 e. The van der Waals surface area contributed by atoms with E-state index in [0.717, 1.165) is 19.5 Å². The lowest BCUT2D eigenvalue weighted by atomic mass is 10.0. The van der Waals surface area contributed by atoms with Gasteiger partial charge in [-0.25, -0.2) is 0 Å². The smallest absolute Gasteiger partial charge is 0.0270 e. The molecule has 1 fully saturated rings. The fraction of sp³-hybridized carbons (Fsp3) is 0.667. The maximum Gasteiger partial charge on any atom is 0.0270 e. The first-order valence-corrected chi connectivity index (χ1v) is 7.10. The van der Waals surface area contributed by atoms with Crippen LogP contribution in [0, 0.1) is 5.92 Å². The Bertz CT molecular complexity index is 337. The molecule has 1 aliphatic heterocycles. The standard InChI is InChI=1S/C15H25N3/c1-13(2)15-12-18(10-3-7-17-15)11-6-14-4-8-16-9-5-14/h4-5,8-9,13,15,17H,3,6-7,10-12H2,1-2H3. The third-order valence-electron chi connectivity index (χ3n) is 3.78. The first-order valence-electron chi connectivity index (χ1n) is 7.10. The third-order valence-corrected chi connectivity index (χ3v) is 3.78. The Hall–Kier alpha value is -0.930. The molecule has 0 bridgehead atoms. The summed E-state index contributed by atoms with van der Waals surface area (Å²) in [5.41, 5.74) is 1.39. The topological polar surface area (TPSA) is 28.2 Å². The van der Waals surface area contributed by atoms with Crippen LogP contribution in [0.25, 0.3) is 0 Å². The molecule has 2 rings (SSSR count). The average molecular weight is 247 g/mol. The monoisotopic (exact) mass is 247 g/mol. The Morgan fingerprint density at radius 1 is 1.39 bits per heavy atom. The van der Waals surface area contributed by atoms with E-state index in [4.69, 9.17) is 0 Å². The summed E-state index contributed by atoms with van der Waals surface area (Å²) in [7, 11) is 0. The van der Waals surface area contributed by atoms with E-state index in [1.54, 1.807) is 0 Å². The van der Waals surface area contributed by atoms with E-state index in [1.807, 2.05) is 12.4 Å². The zero-order valence-electron chi connectivity index (χ0n) is 11.6.